The lowest BCUT2D eigenvalue weighted by molar-refractivity contribution is -0.152. The summed E-state index contributed by atoms with van der Waals surface area (Å²) in [4.78, 5) is 12.2. The largest absolute Gasteiger partial charge is 0.459 e. The molecule has 3 heteroatoms. The number of benzene rings is 2. The number of fused-ring (bicyclic) bond motifs is 1. The highest BCUT2D eigenvalue weighted by atomic mass is 16.5. The second kappa shape index (κ2) is 6.72. The number of nitrogens with one attached hydrogen (secondary N) is 1. The van der Waals surface area contributed by atoms with Crippen LogP contribution in [-0.4, -0.2) is 18.6 Å². The lowest BCUT2D eigenvalue weighted by Crippen LogP contribution is -2.48. The van der Waals surface area contributed by atoms with Crippen LogP contribution in [0.3, 0.4) is 0 Å². The molecule has 21 heavy (non-hydrogen) atoms. The Morgan fingerprint density at radius 2 is 1.90 bits per heavy atom. The predicted molar refractivity (Wildman–Crippen MR) is 86.1 cm³/mol. The highest BCUT2D eigenvalue weighted by Crippen LogP contribution is 2.18. The highest BCUT2D eigenvalue weighted by molar-refractivity contribution is 5.83. The molecule has 3 nitrogen and oxygen atoms in total. The van der Waals surface area contributed by atoms with Crippen LogP contribution in [0.5, 0.6) is 0 Å². The first-order valence-electron chi connectivity index (χ1n) is 7.43. The van der Waals surface area contributed by atoms with Crippen LogP contribution >= 0.6 is 0 Å². The minimum atomic E-state index is -0.606. The van der Waals surface area contributed by atoms with E-state index in [0.717, 1.165) is 23.8 Å². The van der Waals surface area contributed by atoms with E-state index in [1.165, 1.54) is 5.39 Å². The molecule has 0 amide bonds. The third kappa shape index (κ3) is 3.61. The molecule has 1 atom stereocenters. The molecule has 0 aromatic heterocycles. The SMILES string of the molecule is CCCC(C)(NC)C(=O)OCc1ccc2ccccc2c1. The summed E-state index contributed by atoms with van der Waals surface area (Å²) in [6.45, 7) is 4.26. The second-order valence-electron chi connectivity index (χ2n) is 5.59. The Labute approximate surface area is 126 Å². The van der Waals surface area contributed by atoms with Crippen molar-refractivity contribution >= 4 is 16.7 Å². The molecule has 0 fully saturated rings. The first-order valence-corrected chi connectivity index (χ1v) is 7.43. The van der Waals surface area contributed by atoms with Crippen molar-refractivity contribution in [2.24, 2.45) is 0 Å². The minimum Gasteiger partial charge on any atom is -0.459 e. The Hall–Kier alpha value is -1.87. The summed E-state index contributed by atoms with van der Waals surface area (Å²) >= 11 is 0. The van der Waals surface area contributed by atoms with Crippen LogP contribution in [-0.2, 0) is 16.1 Å². The van der Waals surface area contributed by atoms with Crippen molar-refractivity contribution in [3.05, 3.63) is 48.0 Å². The van der Waals surface area contributed by atoms with Crippen LogP contribution < -0.4 is 5.32 Å². The van der Waals surface area contributed by atoms with E-state index in [0.29, 0.717) is 6.61 Å². The number of carbonyl (C=O) groups excluding carboxylic acids is 1. The molecular weight excluding hydrogens is 262 g/mol. The van der Waals surface area contributed by atoms with E-state index in [4.69, 9.17) is 4.74 Å². The number of ether oxygens (including phenoxy) is 1. The molecule has 0 aliphatic heterocycles. The Morgan fingerprint density at radius 1 is 1.19 bits per heavy atom. The minimum absolute atomic E-state index is 0.194. The Kier molecular flexibility index (Phi) is 4.97. The van der Waals surface area contributed by atoms with Gasteiger partial charge in [0.15, 0.2) is 0 Å². The third-order valence-corrected chi connectivity index (χ3v) is 3.94. The Balaban J connectivity index is 2.05. The van der Waals surface area contributed by atoms with Crippen LogP contribution in [0.15, 0.2) is 42.5 Å². The van der Waals surface area contributed by atoms with Gasteiger partial charge in [-0.3, -0.25) is 4.79 Å². The van der Waals surface area contributed by atoms with Crippen LogP contribution in [0.1, 0.15) is 32.3 Å². The van der Waals surface area contributed by atoms with Crippen LogP contribution in [0.25, 0.3) is 10.8 Å². The summed E-state index contributed by atoms with van der Waals surface area (Å²) in [6.07, 6.45) is 1.70. The maximum absolute atomic E-state index is 12.2. The van der Waals surface area contributed by atoms with Crippen LogP contribution in [0.4, 0.5) is 0 Å². The third-order valence-electron chi connectivity index (χ3n) is 3.94. The molecule has 1 N–H and O–H groups in total. The first-order chi connectivity index (χ1) is 10.1. The zero-order valence-electron chi connectivity index (χ0n) is 13.0. The molecule has 0 saturated heterocycles. The summed E-state index contributed by atoms with van der Waals surface area (Å²) in [5.41, 5.74) is 0.406. The molecule has 2 aromatic rings. The zero-order valence-corrected chi connectivity index (χ0v) is 13.0. The highest BCUT2D eigenvalue weighted by Gasteiger charge is 2.31. The normalized spacial score (nSPS) is 13.9. The molecule has 0 aliphatic rings. The second-order valence-corrected chi connectivity index (χ2v) is 5.59. The molecule has 0 radical (unpaired) electrons. The summed E-state index contributed by atoms with van der Waals surface area (Å²) in [6, 6.07) is 14.3. The van der Waals surface area contributed by atoms with Gasteiger partial charge in [0.2, 0.25) is 0 Å². The maximum atomic E-state index is 12.2. The van der Waals surface area contributed by atoms with Crippen molar-refractivity contribution in [3.8, 4) is 0 Å². The van der Waals surface area contributed by atoms with Crippen LogP contribution in [0, 0.1) is 0 Å². The van der Waals surface area contributed by atoms with Gasteiger partial charge in [0.25, 0.3) is 0 Å². The van der Waals surface area contributed by atoms with Crippen LogP contribution in [0.2, 0.25) is 0 Å². The Bertz CT molecular complexity index is 623. The molecule has 112 valence electrons. The van der Waals surface area contributed by atoms with E-state index in [1.54, 1.807) is 7.05 Å². The number of hydrogen-bond donors (Lipinski definition) is 1. The van der Waals surface area contributed by atoms with Crippen molar-refractivity contribution in [3.63, 3.8) is 0 Å². The summed E-state index contributed by atoms with van der Waals surface area (Å²) < 4.78 is 5.48. The van der Waals surface area contributed by atoms with Gasteiger partial charge in [-0.05, 0) is 42.8 Å². The van der Waals surface area contributed by atoms with Gasteiger partial charge in [0.05, 0.1) is 0 Å². The Morgan fingerprint density at radius 3 is 2.57 bits per heavy atom. The average Bonchev–Trinajstić information content (AvgIpc) is 2.52. The number of esters is 1. The van der Waals surface area contributed by atoms with Gasteiger partial charge in [-0.1, -0.05) is 49.7 Å². The van der Waals surface area contributed by atoms with E-state index in [-0.39, 0.29) is 5.97 Å². The van der Waals surface area contributed by atoms with E-state index < -0.39 is 5.54 Å². The van der Waals surface area contributed by atoms with E-state index >= 15 is 0 Å². The maximum Gasteiger partial charge on any atom is 0.326 e. The summed E-state index contributed by atoms with van der Waals surface area (Å²) in [7, 11) is 1.80. The van der Waals surface area contributed by atoms with E-state index in [2.05, 4.69) is 36.5 Å². The monoisotopic (exact) mass is 285 g/mol. The fraction of sp³-hybridized carbons (Fsp3) is 0.389. The van der Waals surface area contributed by atoms with Crippen molar-refractivity contribution in [2.75, 3.05) is 7.05 Å². The summed E-state index contributed by atoms with van der Waals surface area (Å²) in [5, 5.41) is 5.43. The number of hydrogen-bond acceptors (Lipinski definition) is 3. The number of likely N-dealkylation sites (N-methyl/N-ethyl adjacent to an activating group) is 1. The van der Waals surface area contributed by atoms with Gasteiger partial charge < -0.3 is 10.1 Å². The molecule has 0 saturated carbocycles. The molecule has 0 heterocycles. The zero-order chi connectivity index (χ0) is 15.3. The van der Waals surface area contributed by atoms with Crippen molar-refractivity contribution in [1.82, 2.24) is 5.32 Å². The smallest absolute Gasteiger partial charge is 0.326 e. The standard InChI is InChI=1S/C18H23NO2/c1-4-11-18(2,19-3)17(20)21-13-14-9-10-15-7-5-6-8-16(15)12-14/h5-10,12,19H,4,11,13H2,1-3H3. The molecule has 0 spiro atoms. The topological polar surface area (TPSA) is 38.3 Å². The van der Waals surface area contributed by atoms with Gasteiger partial charge >= 0.3 is 5.97 Å². The summed E-state index contributed by atoms with van der Waals surface area (Å²) in [5.74, 6) is -0.194. The van der Waals surface area contributed by atoms with Gasteiger partial charge in [-0.2, -0.15) is 0 Å². The van der Waals surface area contributed by atoms with Crippen molar-refractivity contribution in [2.45, 2.75) is 38.8 Å². The first kappa shape index (κ1) is 15.5. The van der Waals surface area contributed by atoms with Gasteiger partial charge in [-0.15, -0.1) is 0 Å². The molecular formula is C18H23NO2. The van der Waals surface area contributed by atoms with Gasteiger partial charge in [-0.25, -0.2) is 0 Å². The van der Waals surface area contributed by atoms with Gasteiger partial charge in [0.1, 0.15) is 12.1 Å². The molecule has 0 bridgehead atoms. The molecule has 2 aromatic carbocycles. The lowest BCUT2D eigenvalue weighted by Gasteiger charge is -2.26. The van der Waals surface area contributed by atoms with Crippen molar-refractivity contribution in [1.29, 1.82) is 0 Å². The predicted octanol–water partition coefficient (Wildman–Crippen LogP) is 3.66. The number of rotatable bonds is 6. The quantitative estimate of drug-likeness (QED) is 0.823. The van der Waals surface area contributed by atoms with Gasteiger partial charge in [0, 0.05) is 0 Å². The number of carbonyl (C=O) groups is 1. The molecule has 2 rings (SSSR count). The van der Waals surface area contributed by atoms with E-state index in [1.807, 2.05) is 25.1 Å². The van der Waals surface area contributed by atoms with Crippen molar-refractivity contribution < 1.29 is 9.53 Å². The lowest BCUT2D eigenvalue weighted by atomic mass is 9.97. The fourth-order valence-electron chi connectivity index (χ4n) is 2.47. The van der Waals surface area contributed by atoms with E-state index in [9.17, 15) is 4.79 Å². The molecule has 0 aliphatic carbocycles. The fourth-order valence-corrected chi connectivity index (χ4v) is 2.47. The average molecular weight is 285 g/mol. The molecule has 1 unspecified atom stereocenters.